The van der Waals surface area contributed by atoms with Crippen molar-refractivity contribution in [1.29, 1.82) is 0 Å². The summed E-state index contributed by atoms with van der Waals surface area (Å²) >= 11 is 0. The molecule has 4 aromatic rings. The maximum atomic E-state index is 13.6. The third-order valence-corrected chi connectivity index (χ3v) is 8.42. The van der Waals surface area contributed by atoms with E-state index in [2.05, 4.69) is 4.98 Å². The number of aryl methyl sites for hydroxylation is 2. The Morgan fingerprint density at radius 3 is 2.51 bits per heavy atom. The number of aromatic amines is 1. The van der Waals surface area contributed by atoms with Gasteiger partial charge < -0.3 is 9.88 Å². The lowest BCUT2D eigenvalue weighted by Crippen LogP contribution is -2.36. The van der Waals surface area contributed by atoms with Gasteiger partial charge in [-0.3, -0.25) is 13.9 Å². The van der Waals surface area contributed by atoms with E-state index in [9.17, 15) is 22.8 Å². The first-order valence-corrected chi connectivity index (χ1v) is 13.3. The van der Waals surface area contributed by atoms with Crippen molar-refractivity contribution in [3.63, 3.8) is 0 Å². The van der Waals surface area contributed by atoms with Crippen molar-refractivity contribution < 1.29 is 13.2 Å². The van der Waals surface area contributed by atoms with E-state index < -0.39 is 21.3 Å². The number of hydrogen-bond donors (Lipinski definition) is 1. The number of anilines is 1. The smallest absolute Gasteiger partial charge is 0.333 e. The van der Waals surface area contributed by atoms with Crippen LogP contribution in [0.4, 0.5) is 5.69 Å². The number of sulfonamides is 1. The van der Waals surface area contributed by atoms with Gasteiger partial charge in [-0.15, -0.1) is 0 Å². The molecule has 1 N–H and O–H groups in total. The van der Waals surface area contributed by atoms with Gasteiger partial charge in [0.15, 0.2) is 0 Å². The van der Waals surface area contributed by atoms with Crippen molar-refractivity contribution in [2.75, 3.05) is 24.9 Å². The molecule has 10 heteroatoms. The first kappa shape index (κ1) is 24.5. The molecule has 2 heterocycles. The zero-order chi connectivity index (χ0) is 26.5. The summed E-state index contributed by atoms with van der Waals surface area (Å²) in [6, 6.07) is 16.3. The van der Waals surface area contributed by atoms with E-state index in [1.807, 2.05) is 12.1 Å². The zero-order valence-electron chi connectivity index (χ0n) is 20.7. The van der Waals surface area contributed by atoms with Gasteiger partial charge in [0.1, 0.15) is 0 Å². The van der Waals surface area contributed by atoms with Crippen molar-refractivity contribution in [2.24, 2.45) is 0 Å². The van der Waals surface area contributed by atoms with Gasteiger partial charge in [0.2, 0.25) is 0 Å². The van der Waals surface area contributed by atoms with Gasteiger partial charge in [-0.25, -0.2) is 17.8 Å². The number of nitrogens with one attached hydrogen (secondary N) is 1. The minimum Gasteiger partial charge on any atom is -0.345 e. The number of hydrogen-bond acceptors (Lipinski definition) is 5. The normalized spacial score (nSPS) is 13.4. The van der Waals surface area contributed by atoms with Crippen molar-refractivity contribution in [1.82, 2.24) is 14.5 Å². The summed E-state index contributed by atoms with van der Waals surface area (Å²) in [5, 5.41) is 0.214. The maximum absolute atomic E-state index is 13.6. The third-order valence-electron chi connectivity index (χ3n) is 6.61. The fourth-order valence-electron chi connectivity index (χ4n) is 4.74. The van der Waals surface area contributed by atoms with E-state index in [-0.39, 0.29) is 27.4 Å². The molecule has 0 radical (unpaired) electrons. The Labute approximate surface area is 213 Å². The highest BCUT2D eigenvalue weighted by Gasteiger charge is 2.29. The standard InChI is InChI=1S/C27H26N4O5S/c1-17-14-22-23(16-21(17)25(32)29(2)3)28-27(34)31(26(22)33)19-10-6-11-20(15-19)37(35,36)30-13-7-9-18-8-4-5-12-24(18)30/h4-6,8,10-12,14-16H,7,9,13H2,1-3H3,(H,28,34). The molecule has 0 bridgehead atoms. The van der Waals surface area contributed by atoms with E-state index >= 15 is 0 Å². The average molecular weight is 519 g/mol. The lowest BCUT2D eigenvalue weighted by atomic mass is 10.0. The van der Waals surface area contributed by atoms with Crippen molar-refractivity contribution >= 4 is 32.5 Å². The largest absolute Gasteiger partial charge is 0.345 e. The van der Waals surface area contributed by atoms with E-state index in [1.165, 1.54) is 39.5 Å². The fourth-order valence-corrected chi connectivity index (χ4v) is 6.32. The molecule has 0 atom stereocenters. The highest BCUT2D eigenvalue weighted by molar-refractivity contribution is 7.92. The number of aromatic nitrogens is 2. The summed E-state index contributed by atoms with van der Waals surface area (Å²) in [4.78, 5) is 43.0. The Kier molecular flexibility index (Phi) is 5.99. The molecule has 1 aromatic heterocycles. The highest BCUT2D eigenvalue weighted by atomic mass is 32.2. The quantitative estimate of drug-likeness (QED) is 0.447. The van der Waals surface area contributed by atoms with Gasteiger partial charge in [0.05, 0.1) is 27.2 Å². The van der Waals surface area contributed by atoms with Crippen LogP contribution >= 0.6 is 0 Å². The number of nitrogens with zero attached hydrogens (tertiary/aromatic N) is 3. The van der Waals surface area contributed by atoms with Crippen LogP contribution in [0.15, 0.2) is 75.1 Å². The molecule has 5 rings (SSSR count). The number of carbonyl (C=O) groups excluding carboxylic acids is 1. The second-order valence-corrected chi connectivity index (χ2v) is 11.2. The van der Waals surface area contributed by atoms with E-state index in [1.54, 1.807) is 39.2 Å². The van der Waals surface area contributed by atoms with Crippen LogP contribution in [-0.2, 0) is 16.4 Å². The van der Waals surface area contributed by atoms with Gasteiger partial charge in [-0.05, 0) is 67.3 Å². The van der Waals surface area contributed by atoms with Crippen molar-refractivity contribution in [3.05, 3.63) is 98.2 Å². The molecule has 0 saturated carbocycles. The zero-order valence-corrected chi connectivity index (χ0v) is 21.5. The number of H-pyrrole nitrogens is 1. The monoisotopic (exact) mass is 518 g/mol. The average Bonchev–Trinajstić information content (AvgIpc) is 2.88. The Bertz CT molecular complexity index is 1790. The number of amides is 1. The van der Waals surface area contributed by atoms with Crippen LogP contribution in [0.5, 0.6) is 0 Å². The van der Waals surface area contributed by atoms with Gasteiger partial charge in [0.25, 0.3) is 21.5 Å². The van der Waals surface area contributed by atoms with Gasteiger partial charge in [-0.2, -0.15) is 0 Å². The van der Waals surface area contributed by atoms with Crippen LogP contribution in [0.3, 0.4) is 0 Å². The highest BCUT2D eigenvalue weighted by Crippen LogP contribution is 2.32. The summed E-state index contributed by atoms with van der Waals surface area (Å²) in [5.41, 5.74) is 1.58. The van der Waals surface area contributed by atoms with E-state index in [0.717, 1.165) is 16.6 Å². The SMILES string of the molecule is Cc1cc2c(=O)n(-c3cccc(S(=O)(=O)N4CCCc5ccccc54)c3)c(=O)[nH]c2cc1C(=O)N(C)C. The molecule has 1 aliphatic rings. The topological polar surface area (TPSA) is 113 Å². The molecule has 190 valence electrons. The molecule has 1 aliphatic heterocycles. The number of rotatable bonds is 4. The minimum absolute atomic E-state index is 0.0174. The second-order valence-electron chi connectivity index (χ2n) is 9.29. The number of benzene rings is 3. The van der Waals surface area contributed by atoms with Crippen LogP contribution in [0, 0.1) is 6.92 Å². The van der Waals surface area contributed by atoms with Gasteiger partial charge >= 0.3 is 5.69 Å². The predicted molar refractivity (Wildman–Crippen MR) is 142 cm³/mol. The minimum atomic E-state index is -3.94. The Morgan fingerprint density at radius 1 is 1.00 bits per heavy atom. The van der Waals surface area contributed by atoms with Crippen molar-refractivity contribution in [3.8, 4) is 5.69 Å². The van der Waals surface area contributed by atoms with Gasteiger partial charge in [0, 0.05) is 26.2 Å². The van der Waals surface area contributed by atoms with Crippen LogP contribution in [0.1, 0.15) is 27.9 Å². The van der Waals surface area contributed by atoms with Crippen LogP contribution < -0.4 is 15.6 Å². The Hall–Kier alpha value is -4.18. The maximum Gasteiger partial charge on any atom is 0.333 e. The number of carbonyl (C=O) groups is 1. The first-order valence-electron chi connectivity index (χ1n) is 11.8. The molecule has 0 aliphatic carbocycles. The van der Waals surface area contributed by atoms with E-state index in [4.69, 9.17) is 0 Å². The molecular weight excluding hydrogens is 492 g/mol. The summed E-state index contributed by atoms with van der Waals surface area (Å²) < 4.78 is 29.6. The first-order chi connectivity index (χ1) is 17.6. The summed E-state index contributed by atoms with van der Waals surface area (Å²) in [5.74, 6) is -0.248. The molecule has 0 spiro atoms. The van der Waals surface area contributed by atoms with E-state index in [0.29, 0.717) is 29.8 Å². The molecule has 9 nitrogen and oxygen atoms in total. The molecule has 0 unspecified atom stereocenters. The predicted octanol–water partition coefficient (Wildman–Crippen LogP) is 2.83. The molecular formula is C27H26N4O5S. The molecule has 37 heavy (non-hydrogen) atoms. The summed E-state index contributed by atoms with van der Waals surface area (Å²) in [7, 11) is -0.698. The van der Waals surface area contributed by atoms with Crippen molar-refractivity contribution in [2.45, 2.75) is 24.7 Å². The molecule has 0 saturated heterocycles. The third kappa shape index (κ3) is 4.13. The second kappa shape index (κ2) is 9.04. The summed E-state index contributed by atoms with van der Waals surface area (Å²) in [6.07, 6.45) is 1.49. The van der Waals surface area contributed by atoms with Crippen LogP contribution in [0.25, 0.3) is 16.6 Å². The lowest BCUT2D eigenvalue weighted by molar-refractivity contribution is 0.0827. The summed E-state index contributed by atoms with van der Waals surface area (Å²) in [6.45, 7) is 2.06. The molecule has 1 amide bonds. The lowest BCUT2D eigenvalue weighted by Gasteiger charge is -2.30. The van der Waals surface area contributed by atoms with Crippen LogP contribution in [-0.4, -0.2) is 49.4 Å². The van der Waals surface area contributed by atoms with Crippen LogP contribution in [0.2, 0.25) is 0 Å². The molecule has 0 fully saturated rings. The molecule has 3 aromatic carbocycles. The number of para-hydroxylation sites is 1. The fraction of sp³-hybridized carbons (Fsp3) is 0.222. The Morgan fingerprint density at radius 2 is 1.76 bits per heavy atom. The number of fused-ring (bicyclic) bond motifs is 2. The van der Waals surface area contributed by atoms with Gasteiger partial charge in [-0.1, -0.05) is 24.3 Å². The Balaban J connectivity index is 1.63.